The molecule has 0 spiro atoms. The fourth-order valence-electron chi connectivity index (χ4n) is 1.26. The summed E-state index contributed by atoms with van der Waals surface area (Å²) in [6.07, 6.45) is 4.04. The summed E-state index contributed by atoms with van der Waals surface area (Å²) in [6, 6.07) is 0. The van der Waals surface area contributed by atoms with Crippen LogP contribution in [0, 0.1) is 0 Å². The first kappa shape index (κ1) is 7.03. The quantitative estimate of drug-likeness (QED) is 0.580. The van der Waals surface area contributed by atoms with Crippen molar-refractivity contribution in [3.63, 3.8) is 0 Å². The lowest BCUT2D eigenvalue weighted by molar-refractivity contribution is 0.211. The normalized spacial score (nSPS) is 23.3. The van der Waals surface area contributed by atoms with E-state index in [4.69, 9.17) is 5.73 Å². The van der Waals surface area contributed by atoms with Crippen LogP contribution in [0.1, 0.15) is 26.2 Å². The average Bonchev–Trinajstić information content (AvgIpc) is 1.79. The van der Waals surface area contributed by atoms with Crippen LogP contribution in [0.3, 0.4) is 0 Å². The Bertz CT molecular complexity index is 86.9. The van der Waals surface area contributed by atoms with Crippen LogP contribution in [0.4, 0.5) is 0 Å². The van der Waals surface area contributed by atoms with Gasteiger partial charge in [0, 0.05) is 18.6 Å². The maximum absolute atomic E-state index is 5.35. The van der Waals surface area contributed by atoms with E-state index in [9.17, 15) is 0 Å². The number of hydrogen-bond donors (Lipinski definition) is 2. The van der Waals surface area contributed by atoms with Gasteiger partial charge in [0.15, 0.2) is 0 Å². The van der Waals surface area contributed by atoms with Gasteiger partial charge in [-0.3, -0.25) is 0 Å². The molecule has 0 aromatic heterocycles. The highest BCUT2D eigenvalue weighted by molar-refractivity contribution is 4.91. The summed E-state index contributed by atoms with van der Waals surface area (Å²) in [5, 5.41) is 3.42. The van der Waals surface area contributed by atoms with E-state index in [1.54, 1.807) is 0 Å². The van der Waals surface area contributed by atoms with Crippen molar-refractivity contribution in [3.8, 4) is 0 Å². The molecule has 1 rings (SSSR count). The summed E-state index contributed by atoms with van der Waals surface area (Å²) >= 11 is 0. The molecular weight excluding hydrogens is 112 g/mol. The lowest BCUT2D eigenvalue weighted by atomic mass is 9.78. The van der Waals surface area contributed by atoms with Gasteiger partial charge in [-0.15, -0.1) is 0 Å². The molecule has 0 atom stereocenters. The van der Waals surface area contributed by atoms with E-state index in [0.717, 1.165) is 13.1 Å². The predicted octanol–water partition coefficient (Wildman–Crippen LogP) is 0.477. The number of rotatable bonds is 3. The first-order valence-corrected chi connectivity index (χ1v) is 3.72. The van der Waals surface area contributed by atoms with Gasteiger partial charge < -0.3 is 11.1 Å². The highest BCUT2D eigenvalue weighted by Crippen LogP contribution is 2.30. The lowest BCUT2D eigenvalue weighted by Crippen LogP contribution is -2.49. The van der Waals surface area contributed by atoms with E-state index in [1.165, 1.54) is 19.3 Å². The summed E-state index contributed by atoms with van der Waals surface area (Å²) < 4.78 is 0. The monoisotopic (exact) mass is 128 g/mol. The molecule has 2 heteroatoms. The van der Waals surface area contributed by atoms with E-state index in [0.29, 0.717) is 5.54 Å². The Morgan fingerprint density at radius 2 is 2.22 bits per heavy atom. The van der Waals surface area contributed by atoms with Crippen LogP contribution >= 0.6 is 0 Å². The van der Waals surface area contributed by atoms with E-state index < -0.39 is 0 Å². The zero-order chi connectivity index (χ0) is 6.74. The second-order valence-corrected chi connectivity index (χ2v) is 3.13. The molecule has 0 saturated heterocycles. The molecule has 0 heterocycles. The van der Waals surface area contributed by atoms with Crippen LogP contribution in [-0.2, 0) is 0 Å². The minimum atomic E-state index is 0.444. The van der Waals surface area contributed by atoms with Crippen LogP contribution in [-0.4, -0.2) is 18.6 Å². The Morgan fingerprint density at radius 3 is 2.56 bits per heavy atom. The van der Waals surface area contributed by atoms with Crippen LogP contribution < -0.4 is 11.1 Å². The Kier molecular flexibility index (Phi) is 2.09. The third kappa shape index (κ3) is 1.66. The summed E-state index contributed by atoms with van der Waals surface area (Å²) in [6.45, 7) is 4.00. The highest BCUT2D eigenvalue weighted by Gasteiger charge is 2.30. The van der Waals surface area contributed by atoms with Gasteiger partial charge in [0.05, 0.1) is 0 Å². The van der Waals surface area contributed by atoms with Crippen molar-refractivity contribution in [1.82, 2.24) is 5.32 Å². The summed E-state index contributed by atoms with van der Waals surface area (Å²) in [7, 11) is 0. The van der Waals surface area contributed by atoms with Gasteiger partial charge in [-0.25, -0.2) is 0 Å². The van der Waals surface area contributed by atoms with Gasteiger partial charge in [-0.2, -0.15) is 0 Å². The fourth-order valence-corrected chi connectivity index (χ4v) is 1.26. The lowest BCUT2D eigenvalue weighted by Gasteiger charge is -2.39. The van der Waals surface area contributed by atoms with Crippen LogP contribution in [0.2, 0.25) is 0 Å². The first-order chi connectivity index (χ1) is 4.27. The Hall–Kier alpha value is -0.0800. The molecule has 0 aliphatic heterocycles. The van der Waals surface area contributed by atoms with E-state index in [2.05, 4.69) is 12.2 Å². The largest absolute Gasteiger partial charge is 0.329 e. The molecular formula is C7H16N2. The Labute approximate surface area is 56.8 Å². The molecule has 9 heavy (non-hydrogen) atoms. The van der Waals surface area contributed by atoms with Gasteiger partial charge in [0.2, 0.25) is 0 Å². The van der Waals surface area contributed by atoms with Crippen molar-refractivity contribution < 1.29 is 0 Å². The smallest absolute Gasteiger partial charge is 0.0153 e. The zero-order valence-corrected chi connectivity index (χ0v) is 6.11. The molecule has 1 fully saturated rings. The number of hydrogen-bond acceptors (Lipinski definition) is 2. The van der Waals surface area contributed by atoms with Crippen LogP contribution in [0.5, 0.6) is 0 Å². The van der Waals surface area contributed by atoms with Crippen molar-refractivity contribution in [2.24, 2.45) is 5.73 Å². The van der Waals surface area contributed by atoms with Crippen molar-refractivity contribution in [3.05, 3.63) is 0 Å². The van der Waals surface area contributed by atoms with Gasteiger partial charge in [0.1, 0.15) is 0 Å². The van der Waals surface area contributed by atoms with Crippen LogP contribution in [0.25, 0.3) is 0 Å². The second-order valence-electron chi connectivity index (χ2n) is 3.13. The molecule has 0 amide bonds. The molecule has 0 aromatic carbocycles. The predicted molar refractivity (Wildman–Crippen MR) is 39.3 cm³/mol. The zero-order valence-electron chi connectivity index (χ0n) is 6.11. The molecule has 3 N–H and O–H groups in total. The standard InChI is InChI=1S/C7H16N2/c1-7(3-2-4-7)9-6-5-8/h9H,2-6,8H2,1H3. The summed E-state index contributed by atoms with van der Waals surface area (Å²) in [5.41, 5.74) is 5.80. The molecule has 1 saturated carbocycles. The Balaban J connectivity index is 2.09. The third-order valence-electron chi connectivity index (χ3n) is 2.15. The highest BCUT2D eigenvalue weighted by atomic mass is 15.0. The molecule has 0 unspecified atom stereocenters. The van der Waals surface area contributed by atoms with Crippen molar-refractivity contribution in [2.45, 2.75) is 31.7 Å². The number of nitrogens with one attached hydrogen (secondary N) is 1. The van der Waals surface area contributed by atoms with Crippen LogP contribution in [0.15, 0.2) is 0 Å². The molecule has 0 radical (unpaired) electrons. The molecule has 2 nitrogen and oxygen atoms in total. The van der Waals surface area contributed by atoms with E-state index >= 15 is 0 Å². The van der Waals surface area contributed by atoms with Gasteiger partial charge >= 0.3 is 0 Å². The molecule has 54 valence electrons. The van der Waals surface area contributed by atoms with Gasteiger partial charge in [-0.1, -0.05) is 0 Å². The maximum atomic E-state index is 5.35. The molecule has 1 aliphatic carbocycles. The third-order valence-corrected chi connectivity index (χ3v) is 2.15. The van der Waals surface area contributed by atoms with Crippen molar-refractivity contribution in [2.75, 3.05) is 13.1 Å². The fraction of sp³-hybridized carbons (Fsp3) is 1.00. The van der Waals surface area contributed by atoms with Gasteiger partial charge in [-0.05, 0) is 26.2 Å². The van der Waals surface area contributed by atoms with E-state index in [-0.39, 0.29) is 0 Å². The average molecular weight is 128 g/mol. The Morgan fingerprint density at radius 1 is 1.56 bits per heavy atom. The maximum Gasteiger partial charge on any atom is 0.0153 e. The minimum absolute atomic E-state index is 0.444. The topological polar surface area (TPSA) is 38.0 Å². The first-order valence-electron chi connectivity index (χ1n) is 3.72. The van der Waals surface area contributed by atoms with Crippen molar-refractivity contribution >= 4 is 0 Å². The SMILES string of the molecule is CC1(NCCN)CCC1. The summed E-state index contributed by atoms with van der Waals surface area (Å²) in [5.74, 6) is 0. The molecule has 0 bridgehead atoms. The second kappa shape index (κ2) is 2.67. The molecule has 1 aliphatic rings. The minimum Gasteiger partial charge on any atom is -0.329 e. The van der Waals surface area contributed by atoms with Crippen molar-refractivity contribution in [1.29, 1.82) is 0 Å². The summed E-state index contributed by atoms with van der Waals surface area (Å²) in [4.78, 5) is 0. The molecule has 0 aromatic rings. The number of nitrogens with two attached hydrogens (primary N) is 1. The van der Waals surface area contributed by atoms with Gasteiger partial charge in [0.25, 0.3) is 0 Å². The van der Waals surface area contributed by atoms with E-state index in [1.807, 2.05) is 0 Å².